The topological polar surface area (TPSA) is 94.3 Å². The van der Waals surface area contributed by atoms with Gasteiger partial charge >= 0.3 is 0 Å². The Kier molecular flexibility index (Phi) is 3.36. The molecule has 0 fully saturated rings. The van der Waals surface area contributed by atoms with Crippen LogP contribution in [0.4, 0.5) is 17.6 Å². The van der Waals surface area contributed by atoms with Crippen LogP contribution >= 0.6 is 0 Å². The van der Waals surface area contributed by atoms with Gasteiger partial charge < -0.3 is 15.6 Å². The van der Waals surface area contributed by atoms with E-state index in [-0.39, 0.29) is 0 Å². The summed E-state index contributed by atoms with van der Waals surface area (Å²) in [6, 6.07) is 11.9. The molecule has 3 aromatic heterocycles. The number of hydrogen-bond donors (Lipinski definition) is 4. The number of rotatable bonds is 5. The fraction of sp³-hybridized carbons (Fsp3) is 0.0625. The van der Waals surface area contributed by atoms with Crippen molar-refractivity contribution in [1.29, 1.82) is 0 Å². The van der Waals surface area contributed by atoms with Gasteiger partial charge in [0.1, 0.15) is 11.6 Å². The minimum Gasteiger partial charge on any atom is -0.361 e. The van der Waals surface area contributed by atoms with Crippen LogP contribution in [0.15, 0.2) is 55.0 Å². The first-order valence-corrected chi connectivity index (χ1v) is 7.27. The number of benzene rings is 1. The first kappa shape index (κ1) is 13.3. The van der Waals surface area contributed by atoms with Gasteiger partial charge in [-0.15, -0.1) is 0 Å². The number of aromatic nitrogens is 5. The van der Waals surface area contributed by atoms with Crippen LogP contribution in [0.25, 0.3) is 10.9 Å². The van der Waals surface area contributed by atoms with E-state index in [1.165, 1.54) is 10.9 Å². The van der Waals surface area contributed by atoms with E-state index in [2.05, 4.69) is 54.0 Å². The fourth-order valence-corrected chi connectivity index (χ4v) is 2.46. The zero-order valence-electron chi connectivity index (χ0n) is 12.2. The van der Waals surface area contributed by atoms with Crippen LogP contribution in [0.5, 0.6) is 0 Å². The number of H-pyrrole nitrogens is 2. The van der Waals surface area contributed by atoms with Crippen molar-refractivity contribution >= 4 is 28.5 Å². The second-order valence-electron chi connectivity index (χ2n) is 5.07. The van der Waals surface area contributed by atoms with Gasteiger partial charge in [0.25, 0.3) is 0 Å². The van der Waals surface area contributed by atoms with Crippen molar-refractivity contribution in [2.75, 3.05) is 10.6 Å². The van der Waals surface area contributed by atoms with Crippen molar-refractivity contribution in [3.05, 3.63) is 60.6 Å². The van der Waals surface area contributed by atoms with Gasteiger partial charge in [-0.25, -0.2) is 4.98 Å². The molecule has 0 saturated heterocycles. The highest BCUT2D eigenvalue weighted by Crippen LogP contribution is 2.18. The van der Waals surface area contributed by atoms with Crippen LogP contribution in [0.2, 0.25) is 0 Å². The van der Waals surface area contributed by atoms with Gasteiger partial charge in [0.15, 0.2) is 0 Å². The maximum Gasteiger partial charge on any atom is 0.224 e. The van der Waals surface area contributed by atoms with Crippen LogP contribution in [-0.2, 0) is 6.54 Å². The Morgan fingerprint density at radius 3 is 2.96 bits per heavy atom. The third kappa shape index (κ3) is 2.84. The number of hydrogen-bond acceptors (Lipinski definition) is 5. The van der Waals surface area contributed by atoms with Crippen molar-refractivity contribution in [2.45, 2.75) is 6.54 Å². The lowest BCUT2D eigenvalue weighted by molar-refractivity contribution is 1.05. The number of nitrogens with zero attached hydrogens (tertiary/aromatic N) is 3. The summed E-state index contributed by atoms with van der Waals surface area (Å²) in [7, 11) is 0. The van der Waals surface area contributed by atoms with Crippen molar-refractivity contribution in [2.24, 2.45) is 0 Å². The van der Waals surface area contributed by atoms with Crippen molar-refractivity contribution < 1.29 is 0 Å². The maximum absolute atomic E-state index is 4.44. The molecule has 4 aromatic rings. The first-order chi connectivity index (χ1) is 11.4. The summed E-state index contributed by atoms with van der Waals surface area (Å²) in [6.07, 6.45) is 5.34. The molecule has 0 aliphatic heterocycles. The number of aromatic amines is 2. The SMILES string of the molecule is c1cc(CNc2nccc(Nc3ccn[nH]3)n2)c2cc[nH]c2c1. The molecule has 7 nitrogen and oxygen atoms in total. The highest BCUT2D eigenvalue weighted by molar-refractivity contribution is 5.83. The van der Waals surface area contributed by atoms with E-state index in [1.54, 1.807) is 18.5 Å². The van der Waals surface area contributed by atoms with E-state index in [4.69, 9.17) is 0 Å². The summed E-state index contributed by atoms with van der Waals surface area (Å²) < 4.78 is 0. The Morgan fingerprint density at radius 1 is 1.04 bits per heavy atom. The van der Waals surface area contributed by atoms with Crippen molar-refractivity contribution in [1.82, 2.24) is 25.1 Å². The maximum atomic E-state index is 4.44. The average Bonchev–Trinajstić information content (AvgIpc) is 3.24. The van der Waals surface area contributed by atoms with Gasteiger partial charge in [-0.3, -0.25) is 5.10 Å². The van der Waals surface area contributed by atoms with Crippen molar-refractivity contribution in [3.63, 3.8) is 0 Å². The predicted molar refractivity (Wildman–Crippen MR) is 89.5 cm³/mol. The highest BCUT2D eigenvalue weighted by Gasteiger charge is 2.04. The molecule has 114 valence electrons. The van der Waals surface area contributed by atoms with Gasteiger partial charge in [-0.1, -0.05) is 12.1 Å². The van der Waals surface area contributed by atoms with Gasteiger partial charge in [0, 0.05) is 35.9 Å². The van der Waals surface area contributed by atoms with Gasteiger partial charge in [0.2, 0.25) is 5.95 Å². The van der Waals surface area contributed by atoms with Crippen LogP contribution in [-0.4, -0.2) is 25.1 Å². The van der Waals surface area contributed by atoms with E-state index in [0.29, 0.717) is 18.3 Å². The molecule has 3 heterocycles. The lowest BCUT2D eigenvalue weighted by Crippen LogP contribution is -2.05. The second-order valence-corrected chi connectivity index (χ2v) is 5.07. The van der Waals surface area contributed by atoms with E-state index >= 15 is 0 Å². The first-order valence-electron chi connectivity index (χ1n) is 7.27. The molecular formula is C16H15N7. The Morgan fingerprint density at radius 2 is 2.04 bits per heavy atom. The smallest absolute Gasteiger partial charge is 0.224 e. The Labute approximate surface area is 132 Å². The van der Waals surface area contributed by atoms with Crippen LogP contribution in [0.3, 0.4) is 0 Å². The molecule has 0 spiro atoms. The zero-order chi connectivity index (χ0) is 15.5. The summed E-state index contributed by atoms with van der Waals surface area (Å²) >= 11 is 0. The molecule has 0 amide bonds. The molecule has 23 heavy (non-hydrogen) atoms. The normalized spacial score (nSPS) is 10.8. The summed E-state index contributed by atoms with van der Waals surface area (Å²) in [5.41, 5.74) is 2.32. The lowest BCUT2D eigenvalue weighted by atomic mass is 10.1. The molecule has 0 atom stereocenters. The third-order valence-electron chi connectivity index (χ3n) is 3.54. The van der Waals surface area contributed by atoms with E-state index in [0.717, 1.165) is 11.3 Å². The Bertz CT molecular complexity index is 911. The van der Waals surface area contributed by atoms with E-state index < -0.39 is 0 Å². The molecule has 1 aromatic carbocycles. The van der Waals surface area contributed by atoms with Crippen LogP contribution < -0.4 is 10.6 Å². The summed E-state index contributed by atoms with van der Waals surface area (Å²) in [4.78, 5) is 11.9. The molecule has 4 N–H and O–H groups in total. The monoisotopic (exact) mass is 305 g/mol. The highest BCUT2D eigenvalue weighted by atomic mass is 15.2. The fourth-order valence-electron chi connectivity index (χ4n) is 2.46. The third-order valence-corrected chi connectivity index (χ3v) is 3.54. The predicted octanol–water partition coefficient (Wildman–Crippen LogP) is 3.04. The van der Waals surface area contributed by atoms with E-state index in [1.807, 2.05) is 18.3 Å². The number of anilines is 3. The van der Waals surface area contributed by atoms with Gasteiger partial charge in [-0.2, -0.15) is 10.1 Å². The summed E-state index contributed by atoms with van der Waals surface area (Å²) in [5, 5.41) is 14.3. The molecule has 0 saturated carbocycles. The van der Waals surface area contributed by atoms with Crippen molar-refractivity contribution in [3.8, 4) is 0 Å². The molecule has 0 unspecified atom stereocenters. The zero-order valence-corrected chi connectivity index (χ0v) is 12.2. The molecule has 0 radical (unpaired) electrons. The van der Waals surface area contributed by atoms with Gasteiger partial charge in [-0.05, 0) is 23.8 Å². The van der Waals surface area contributed by atoms with Gasteiger partial charge in [0.05, 0.1) is 6.20 Å². The quantitative estimate of drug-likeness (QED) is 0.454. The average molecular weight is 305 g/mol. The minimum absolute atomic E-state index is 0.571. The minimum atomic E-state index is 0.571. The number of nitrogens with one attached hydrogen (secondary N) is 4. The molecule has 0 aliphatic carbocycles. The van der Waals surface area contributed by atoms with E-state index in [9.17, 15) is 0 Å². The molecule has 4 rings (SSSR count). The largest absolute Gasteiger partial charge is 0.361 e. The lowest BCUT2D eigenvalue weighted by Gasteiger charge is -2.08. The standard InChI is InChI=1S/C16H15N7/c1-2-11(12-4-7-17-13(12)3-1)10-19-16-18-8-5-14(22-16)21-15-6-9-20-23-15/h1-9,17H,10H2,(H3,18,19,20,21,22,23). The molecule has 0 bridgehead atoms. The second kappa shape index (κ2) is 5.80. The Hall–Kier alpha value is -3.35. The summed E-state index contributed by atoms with van der Waals surface area (Å²) in [5.74, 6) is 2.06. The number of fused-ring (bicyclic) bond motifs is 1. The molecular weight excluding hydrogens is 290 g/mol. The Balaban J connectivity index is 1.49. The van der Waals surface area contributed by atoms with Crippen LogP contribution in [0, 0.1) is 0 Å². The van der Waals surface area contributed by atoms with Crippen LogP contribution in [0.1, 0.15) is 5.56 Å². The summed E-state index contributed by atoms with van der Waals surface area (Å²) in [6.45, 7) is 0.655. The molecule has 7 heteroatoms. The molecule has 0 aliphatic rings.